The Morgan fingerprint density at radius 2 is 2.29 bits per heavy atom. The highest BCUT2D eigenvalue weighted by Gasteiger charge is 2.19. The van der Waals surface area contributed by atoms with Crippen LogP contribution < -0.4 is 0 Å². The summed E-state index contributed by atoms with van der Waals surface area (Å²) in [6, 6.07) is 5.24. The van der Waals surface area contributed by atoms with Gasteiger partial charge in [-0.3, -0.25) is 0 Å². The monoisotopic (exact) mass is 192 g/mol. The van der Waals surface area contributed by atoms with Gasteiger partial charge in [0.15, 0.2) is 6.10 Å². The minimum absolute atomic E-state index is 0.304. The first kappa shape index (κ1) is 8.71. The van der Waals surface area contributed by atoms with Crippen LogP contribution in [0.25, 0.3) is 5.52 Å². The summed E-state index contributed by atoms with van der Waals surface area (Å²) in [6.07, 6.45) is 1.52. The molecule has 5 heteroatoms. The zero-order chi connectivity index (χ0) is 10.1. The summed E-state index contributed by atoms with van der Waals surface area (Å²) in [6.45, 7) is 0. The van der Waals surface area contributed by atoms with E-state index in [0.29, 0.717) is 11.1 Å². The van der Waals surface area contributed by atoms with E-state index in [1.54, 1.807) is 24.4 Å². The van der Waals surface area contributed by atoms with E-state index in [1.165, 1.54) is 10.7 Å². The van der Waals surface area contributed by atoms with Gasteiger partial charge in [0, 0.05) is 11.8 Å². The van der Waals surface area contributed by atoms with Crippen molar-refractivity contribution < 1.29 is 15.0 Å². The van der Waals surface area contributed by atoms with Crippen molar-refractivity contribution in [3.8, 4) is 0 Å². The smallest absolute Gasteiger partial charge is 0.337 e. The second kappa shape index (κ2) is 3.12. The predicted octanol–water partition coefficient (Wildman–Crippen LogP) is 0.452. The molecule has 2 aromatic heterocycles. The van der Waals surface area contributed by atoms with Crippen molar-refractivity contribution in [2.45, 2.75) is 6.10 Å². The van der Waals surface area contributed by atoms with Gasteiger partial charge in [-0.15, -0.1) is 0 Å². The molecule has 0 aliphatic heterocycles. The molecule has 72 valence electrons. The second-order valence-electron chi connectivity index (χ2n) is 2.87. The van der Waals surface area contributed by atoms with Crippen LogP contribution in [0.4, 0.5) is 0 Å². The van der Waals surface area contributed by atoms with Crippen molar-refractivity contribution in [2.75, 3.05) is 0 Å². The van der Waals surface area contributed by atoms with E-state index in [1.807, 2.05) is 0 Å². The molecule has 5 nitrogen and oxygen atoms in total. The first-order chi connectivity index (χ1) is 6.70. The average Bonchev–Trinajstić information content (AvgIpc) is 2.60. The molecule has 0 fully saturated rings. The Morgan fingerprint density at radius 1 is 1.50 bits per heavy atom. The highest BCUT2D eigenvalue weighted by molar-refractivity contribution is 5.77. The van der Waals surface area contributed by atoms with Gasteiger partial charge >= 0.3 is 5.97 Å². The Labute approximate surface area is 79.2 Å². The molecular formula is C9H8N2O3. The molecule has 1 unspecified atom stereocenters. The molecule has 0 aliphatic carbocycles. The second-order valence-corrected chi connectivity index (χ2v) is 2.87. The Bertz CT molecular complexity index is 478. The normalized spacial score (nSPS) is 12.9. The summed E-state index contributed by atoms with van der Waals surface area (Å²) in [7, 11) is 0. The van der Waals surface area contributed by atoms with E-state index in [-0.39, 0.29) is 0 Å². The number of carbonyl (C=O) groups is 1. The zero-order valence-corrected chi connectivity index (χ0v) is 7.16. The summed E-state index contributed by atoms with van der Waals surface area (Å²) in [5.41, 5.74) is 0.903. The lowest BCUT2D eigenvalue weighted by molar-refractivity contribution is -0.146. The van der Waals surface area contributed by atoms with Crippen LogP contribution in [0.5, 0.6) is 0 Å². The van der Waals surface area contributed by atoms with Gasteiger partial charge in [0.05, 0.1) is 11.7 Å². The first-order valence-electron chi connectivity index (χ1n) is 4.03. The van der Waals surface area contributed by atoms with Gasteiger partial charge in [0.1, 0.15) is 0 Å². The fraction of sp³-hybridized carbons (Fsp3) is 0.111. The summed E-state index contributed by atoms with van der Waals surface area (Å²) in [4.78, 5) is 10.6. The van der Waals surface area contributed by atoms with Crippen LogP contribution in [0, 0.1) is 0 Å². The molecule has 0 aromatic carbocycles. The van der Waals surface area contributed by atoms with Crippen LogP contribution in [-0.4, -0.2) is 25.8 Å². The number of aliphatic hydroxyl groups is 1. The van der Waals surface area contributed by atoms with Gasteiger partial charge in [-0.25, -0.2) is 9.31 Å². The van der Waals surface area contributed by atoms with Crippen LogP contribution in [0.2, 0.25) is 0 Å². The Hall–Kier alpha value is -1.88. The number of rotatable bonds is 2. The van der Waals surface area contributed by atoms with E-state index >= 15 is 0 Å². The number of nitrogens with zero attached hydrogens (tertiary/aromatic N) is 2. The molecule has 2 rings (SSSR count). The number of hydrogen-bond acceptors (Lipinski definition) is 3. The Kier molecular flexibility index (Phi) is 1.94. The predicted molar refractivity (Wildman–Crippen MR) is 47.8 cm³/mol. The summed E-state index contributed by atoms with van der Waals surface area (Å²) < 4.78 is 1.52. The van der Waals surface area contributed by atoms with E-state index < -0.39 is 12.1 Å². The maximum atomic E-state index is 10.6. The molecule has 0 radical (unpaired) electrons. The largest absolute Gasteiger partial charge is 0.479 e. The van der Waals surface area contributed by atoms with Crippen molar-refractivity contribution in [2.24, 2.45) is 0 Å². The molecule has 0 amide bonds. The molecular weight excluding hydrogens is 184 g/mol. The Balaban J connectivity index is 2.58. The van der Waals surface area contributed by atoms with Crippen LogP contribution >= 0.6 is 0 Å². The molecule has 0 aliphatic rings. The van der Waals surface area contributed by atoms with Crippen LogP contribution in [0.3, 0.4) is 0 Å². The zero-order valence-electron chi connectivity index (χ0n) is 7.16. The molecule has 2 N–H and O–H groups in total. The summed E-state index contributed by atoms with van der Waals surface area (Å²) in [5, 5.41) is 21.9. The minimum atomic E-state index is -1.52. The third-order valence-corrected chi connectivity index (χ3v) is 1.98. The highest BCUT2D eigenvalue weighted by Crippen LogP contribution is 2.18. The summed E-state index contributed by atoms with van der Waals surface area (Å²) >= 11 is 0. The van der Waals surface area contributed by atoms with E-state index in [9.17, 15) is 9.90 Å². The molecule has 14 heavy (non-hydrogen) atoms. The van der Waals surface area contributed by atoms with Crippen LogP contribution in [0.15, 0.2) is 30.6 Å². The van der Waals surface area contributed by atoms with Crippen molar-refractivity contribution in [3.05, 3.63) is 36.2 Å². The lowest BCUT2D eigenvalue weighted by Crippen LogP contribution is -2.09. The lowest BCUT2D eigenvalue weighted by atomic mass is 10.1. The van der Waals surface area contributed by atoms with Crippen LogP contribution in [-0.2, 0) is 4.79 Å². The third kappa shape index (κ3) is 1.23. The number of carboxylic acid groups (broad SMARTS) is 1. The van der Waals surface area contributed by atoms with Gasteiger partial charge in [0.25, 0.3) is 0 Å². The molecule has 0 spiro atoms. The minimum Gasteiger partial charge on any atom is -0.479 e. The standard InChI is InChI=1S/C9H8N2O3/c12-8(9(13)14)6-5-10-11-4-2-1-3-7(6)11/h1-5,8,12H,(H,13,14). The topological polar surface area (TPSA) is 74.8 Å². The van der Waals surface area contributed by atoms with Crippen molar-refractivity contribution in [1.29, 1.82) is 0 Å². The van der Waals surface area contributed by atoms with E-state index in [0.717, 1.165) is 0 Å². The lowest BCUT2D eigenvalue weighted by Gasteiger charge is -2.02. The molecule has 0 saturated heterocycles. The third-order valence-electron chi connectivity index (χ3n) is 1.98. The first-order valence-corrected chi connectivity index (χ1v) is 4.03. The van der Waals surface area contributed by atoms with Crippen molar-refractivity contribution in [1.82, 2.24) is 9.61 Å². The quantitative estimate of drug-likeness (QED) is 0.724. The van der Waals surface area contributed by atoms with Gasteiger partial charge in [0.2, 0.25) is 0 Å². The highest BCUT2D eigenvalue weighted by atomic mass is 16.4. The number of carboxylic acids is 1. The fourth-order valence-electron chi connectivity index (χ4n) is 1.30. The number of hydrogen-bond donors (Lipinski definition) is 2. The van der Waals surface area contributed by atoms with E-state index in [2.05, 4.69) is 5.10 Å². The van der Waals surface area contributed by atoms with Gasteiger partial charge in [-0.1, -0.05) is 6.07 Å². The number of aliphatic carboxylic acids is 1. The molecule has 2 aromatic rings. The molecule has 0 bridgehead atoms. The maximum Gasteiger partial charge on any atom is 0.337 e. The Morgan fingerprint density at radius 3 is 3.00 bits per heavy atom. The maximum absolute atomic E-state index is 10.6. The van der Waals surface area contributed by atoms with Crippen molar-refractivity contribution >= 4 is 11.5 Å². The van der Waals surface area contributed by atoms with Crippen LogP contribution in [0.1, 0.15) is 11.7 Å². The van der Waals surface area contributed by atoms with Crippen molar-refractivity contribution in [3.63, 3.8) is 0 Å². The van der Waals surface area contributed by atoms with Gasteiger partial charge in [-0.05, 0) is 12.1 Å². The SMILES string of the molecule is O=C(O)C(O)c1cnn2ccccc12. The fourth-order valence-corrected chi connectivity index (χ4v) is 1.30. The van der Waals surface area contributed by atoms with Gasteiger partial charge < -0.3 is 10.2 Å². The molecule has 0 saturated carbocycles. The van der Waals surface area contributed by atoms with Gasteiger partial charge in [-0.2, -0.15) is 5.10 Å². The number of aliphatic hydroxyl groups excluding tert-OH is 1. The number of pyridine rings is 1. The number of fused-ring (bicyclic) bond motifs is 1. The van der Waals surface area contributed by atoms with E-state index in [4.69, 9.17) is 5.11 Å². The number of aromatic nitrogens is 2. The summed E-state index contributed by atoms with van der Waals surface area (Å²) in [5.74, 6) is -1.27. The molecule has 2 heterocycles. The molecule has 1 atom stereocenters. The average molecular weight is 192 g/mol.